The second-order valence-electron chi connectivity index (χ2n) is 8.03. The van der Waals surface area contributed by atoms with Gasteiger partial charge < -0.3 is 10.2 Å². The van der Waals surface area contributed by atoms with Gasteiger partial charge in [0.25, 0.3) is 10.1 Å². The summed E-state index contributed by atoms with van der Waals surface area (Å²) < 4.78 is 34.3. The van der Waals surface area contributed by atoms with Gasteiger partial charge in [-0.1, -0.05) is 80.1 Å². The van der Waals surface area contributed by atoms with Gasteiger partial charge in [0.1, 0.15) is 5.41 Å². The summed E-state index contributed by atoms with van der Waals surface area (Å²) in [5.41, 5.74) is -2.12. The lowest BCUT2D eigenvalue weighted by molar-refractivity contribution is -0.169. The summed E-state index contributed by atoms with van der Waals surface area (Å²) in [4.78, 5) is 24.9. The Morgan fingerprint density at radius 3 is 1.39 bits per heavy atom. The van der Waals surface area contributed by atoms with Crippen molar-refractivity contribution in [2.24, 2.45) is 29.1 Å². The second-order valence-corrected chi connectivity index (χ2v) is 9.53. The zero-order chi connectivity index (χ0) is 22.3. The van der Waals surface area contributed by atoms with Crippen LogP contribution in [-0.4, -0.2) is 40.4 Å². The molecule has 0 aromatic carbocycles. The molecule has 8 heteroatoms. The Balaban J connectivity index is 7.16. The molecule has 0 aliphatic carbocycles. The first kappa shape index (κ1) is 26.9. The van der Waals surface area contributed by atoms with Crippen molar-refractivity contribution in [3.63, 3.8) is 0 Å². The normalized spacial score (nSPS) is 19.8. The van der Waals surface area contributed by atoms with E-state index in [2.05, 4.69) is 0 Å². The highest BCUT2D eigenvalue weighted by molar-refractivity contribution is 7.87. The highest BCUT2D eigenvalue weighted by Crippen LogP contribution is 2.52. The third kappa shape index (κ3) is 5.47. The van der Waals surface area contributed by atoms with Crippen molar-refractivity contribution >= 4 is 22.1 Å². The molecule has 28 heavy (non-hydrogen) atoms. The summed E-state index contributed by atoms with van der Waals surface area (Å²) in [5.74, 6) is -5.11. The van der Waals surface area contributed by atoms with Gasteiger partial charge in [-0.2, -0.15) is 8.42 Å². The van der Waals surface area contributed by atoms with Crippen LogP contribution in [0.25, 0.3) is 0 Å². The first-order valence-corrected chi connectivity index (χ1v) is 11.8. The number of hydrogen-bond acceptors (Lipinski definition) is 4. The van der Waals surface area contributed by atoms with Crippen LogP contribution in [0.4, 0.5) is 0 Å². The zero-order valence-corrected chi connectivity index (χ0v) is 18.8. The van der Waals surface area contributed by atoms with Gasteiger partial charge in [0, 0.05) is 0 Å². The number of carboxylic acids is 2. The van der Waals surface area contributed by atoms with Gasteiger partial charge in [0.2, 0.25) is 0 Å². The van der Waals surface area contributed by atoms with E-state index in [0.717, 1.165) is 12.8 Å². The van der Waals surface area contributed by atoms with Gasteiger partial charge >= 0.3 is 11.9 Å². The van der Waals surface area contributed by atoms with E-state index in [1.54, 1.807) is 13.8 Å². The van der Waals surface area contributed by atoms with Crippen LogP contribution in [0.3, 0.4) is 0 Å². The van der Waals surface area contributed by atoms with Crippen LogP contribution in [0.15, 0.2) is 0 Å². The van der Waals surface area contributed by atoms with Gasteiger partial charge in [-0.3, -0.25) is 14.1 Å². The smallest absolute Gasteiger partial charge is 0.325 e. The highest BCUT2D eigenvalue weighted by Gasteiger charge is 2.64. The predicted molar refractivity (Wildman–Crippen MR) is 109 cm³/mol. The average Bonchev–Trinajstić information content (AvgIpc) is 2.54. The van der Waals surface area contributed by atoms with Crippen LogP contribution in [0.5, 0.6) is 0 Å². The van der Waals surface area contributed by atoms with E-state index >= 15 is 0 Å². The largest absolute Gasteiger partial charge is 0.481 e. The van der Waals surface area contributed by atoms with Gasteiger partial charge in [-0.25, -0.2) is 0 Å². The molecule has 0 aromatic heterocycles. The monoisotopic (exact) mass is 422 g/mol. The SMILES string of the molecule is CCCC(C)C(CC)C(C(=O)O)(C(CC)C(C)CCC)C(C(=O)O)S(=O)(=O)O. The Kier molecular flexibility index (Phi) is 10.7. The lowest BCUT2D eigenvalue weighted by atomic mass is 9.55. The van der Waals surface area contributed by atoms with E-state index in [9.17, 15) is 32.8 Å². The summed E-state index contributed by atoms with van der Waals surface area (Å²) in [5, 5.41) is 17.8. The van der Waals surface area contributed by atoms with Crippen LogP contribution in [0, 0.1) is 29.1 Å². The fourth-order valence-electron chi connectivity index (χ4n) is 5.41. The van der Waals surface area contributed by atoms with E-state index in [1.165, 1.54) is 0 Å². The van der Waals surface area contributed by atoms with Crippen LogP contribution in [0.2, 0.25) is 0 Å². The quantitative estimate of drug-likeness (QED) is 0.355. The molecular formula is C20H38O7S. The van der Waals surface area contributed by atoms with Crippen molar-refractivity contribution in [2.45, 2.75) is 85.3 Å². The third-order valence-electron chi connectivity index (χ3n) is 6.29. The maximum absolute atomic E-state index is 12.8. The Morgan fingerprint density at radius 1 is 0.857 bits per heavy atom. The summed E-state index contributed by atoms with van der Waals surface area (Å²) in [6, 6.07) is 0. The maximum Gasteiger partial charge on any atom is 0.325 e. The number of hydrogen-bond donors (Lipinski definition) is 3. The molecule has 0 radical (unpaired) electrons. The number of carbonyl (C=O) groups is 2. The van der Waals surface area contributed by atoms with Crippen LogP contribution in [0.1, 0.15) is 80.1 Å². The Bertz CT molecular complexity index is 594. The van der Waals surface area contributed by atoms with Gasteiger partial charge in [-0.05, 0) is 23.7 Å². The number of rotatable bonds is 14. The number of aliphatic carboxylic acids is 2. The summed E-state index contributed by atoms with van der Waals surface area (Å²) >= 11 is 0. The topological polar surface area (TPSA) is 129 Å². The summed E-state index contributed by atoms with van der Waals surface area (Å²) in [7, 11) is -5.15. The fraction of sp³-hybridized carbons (Fsp3) is 0.900. The van der Waals surface area contributed by atoms with E-state index in [4.69, 9.17) is 0 Å². The zero-order valence-electron chi connectivity index (χ0n) is 18.0. The van der Waals surface area contributed by atoms with Crippen LogP contribution < -0.4 is 0 Å². The molecule has 0 aliphatic rings. The minimum Gasteiger partial charge on any atom is -0.481 e. The molecule has 5 atom stereocenters. The molecule has 0 rings (SSSR count). The Morgan fingerprint density at radius 2 is 1.21 bits per heavy atom. The molecule has 0 bridgehead atoms. The number of carboxylic acid groups (broad SMARTS) is 2. The lowest BCUT2D eigenvalue weighted by Crippen LogP contribution is -2.61. The second kappa shape index (κ2) is 11.1. The van der Waals surface area contributed by atoms with Crippen molar-refractivity contribution in [1.82, 2.24) is 0 Å². The van der Waals surface area contributed by atoms with Gasteiger partial charge in [0.05, 0.1) is 0 Å². The van der Waals surface area contributed by atoms with E-state index in [0.29, 0.717) is 25.7 Å². The van der Waals surface area contributed by atoms with E-state index in [-0.39, 0.29) is 11.8 Å². The molecule has 0 heterocycles. The highest BCUT2D eigenvalue weighted by atomic mass is 32.2. The predicted octanol–water partition coefficient (Wildman–Crippen LogP) is 4.32. The third-order valence-corrected chi connectivity index (χ3v) is 7.48. The Hall–Kier alpha value is -1.15. The minimum atomic E-state index is -5.15. The van der Waals surface area contributed by atoms with Crippen LogP contribution in [-0.2, 0) is 19.7 Å². The molecule has 0 spiro atoms. The van der Waals surface area contributed by atoms with E-state index < -0.39 is 44.6 Å². The molecule has 0 aromatic rings. The molecule has 166 valence electrons. The summed E-state index contributed by atoms with van der Waals surface area (Å²) in [6.45, 7) is 11.1. The maximum atomic E-state index is 12.8. The Labute approximate surface area is 169 Å². The lowest BCUT2D eigenvalue weighted by Gasteiger charge is -2.49. The van der Waals surface area contributed by atoms with Crippen LogP contribution >= 0.6 is 0 Å². The molecular weight excluding hydrogens is 384 g/mol. The first-order chi connectivity index (χ1) is 12.9. The van der Waals surface area contributed by atoms with E-state index in [1.807, 2.05) is 27.7 Å². The van der Waals surface area contributed by atoms with Crippen molar-refractivity contribution in [3.05, 3.63) is 0 Å². The molecule has 7 nitrogen and oxygen atoms in total. The van der Waals surface area contributed by atoms with Crippen molar-refractivity contribution in [1.29, 1.82) is 0 Å². The van der Waals surface area contributed by atoms with Crippen molar-refractivity contribution in [3.8, 4) is 0 Å². The van der Waals surface area contributed by atoms with Gasteiger partial charge in [0.15, 0.2) is 5.25 Å². The first-order valence-electron chi connectivity index (χ1n) is 10.3. The average molecular weight is 423 g/mol. The minimum absolute atomic E-state index is 0.211. The summed E-state index contributed by atoms with van der Waals surface area (Å²) in [6.07, 6.45) is 3.43. The fourth-order valence-corrected chi connectivity index (χ4v) is 6.60. The molecule has 3 N–H and O–H groups in total. The molecule has 5 unspecified atom stereocenters. The molecule has 0 saturated carbocycles. The molecule has 0 amide bonds. The molecule has 0 saturated heterocycles. The molecule has 0 fully saturated rings. The van der Waals surface area contributed by atoms with Crippen molar-refractivity contribution in [2.75, 3.05) is 0 Å². The standard InChI is InChI=1S/C20H38O7S/c1-7-11-13(5)15(9-3)20(19(23)24,16(10-4)14(6)12-8-2)17(18(21)22)28(25,26)27/h13-17H,7-12H2,1-6H3,(H,21,22)(H,23,24)(H,25,26,27). The van der Waals surface area contributed by atoms with Crippen molar-refractivity contribution < 1.29 is 32.8 Å². The molecule has 0 aliphatic heterocycles. The van der Waals surface area contributed by atoms with Gasteiger partial charge in [-0.15, -0.1) is 0 Å².